The van der Waals surface area contributed by atoms with Crippen molar-refractivity contribution in [1.82, 2.24) is 4.98 Å². The largest absolute Gasteiger partial charge is 0.371 e. The van der Waals surface area contributed by atoms with Crippen molar-refractivity contribution in [3.63, 3.8) is 0 Å². The van der Waals surface area contributed by atoms with E-state index in [9.17, 15) is 8.78 Å². The molecule has 0 spiro atoms. The molecular weight excluding hydrogens is 200 g/mol. The average Bonchev–Trinajstić information content (AvgIpc) is 2.21. The van der Waals surface area contributed by atoms with E-state index >= 15 is 0 Å². The molecule has 5 heteroatoms. The molecule has 0 aliphatic heterocycles. The first kappa shape index (κ1) is 11.7. The molecule has 0 aromatic carbocycles. The monoisotopic (exact) mass is 215 g/mol. The number of halogens is 2. The van der Waals surface area contributed by atoms with Gasteiger partial charge in [-0.05, 0) is 13.3 Å². The third kappa shape index (κ3) is 2.78. The molecule has 1 aromatic rings. The van der Waals surface area contributed by atoms with Crippen LogP contribution in [0.1, 0.15) is 20.3 Å². The number of pyridine rings is 1. The Kier molecular flexibility index (Phi) is 3.82. The molecule has 0 amide bonds. The van der Waals surface area contributed by atoms with Crippen LogP contribution in [0.5, 0.6) is 0 Å². The maximum atomic E-state index is 13.3. The number of hydrogen-bond donors (Lipinski definition) is 2. The minimum Gasteiger partial charge on any atom is -0.371 e. The highest BCUT2D eigenvalue weighted by atomic mass is 19.1. The van der Waals surface area contributed by atoms with Crippen molar-refractivity contribution in [2.75, 3.05) is 17.7 Å². The van der Waals surface area contributed by atoms with Crippen molar-refractivity contribution in [3.8, 4) is 0 Å². The van der Waals surface area contributed by atoms with Crippen LogP contribution in [0.25, 0.3) is 0 Å². The van der Waals surface area contributed by atoms with Gasteiger partial charge in [-0.3, -0.25) is 0 Å². The Hall–Kier alpha value is -1.39. The molecule has 0 bridgehead atoms. The van der Waals surface area contributed by atoms with Crippen LogP contribution in [0.3, 0.4) is 0 Å². The Morgan fingerprint density at radius 1 is 1.33 bits per heavy atom. The third-order valence-corrected chi connectivity index (χ3v) is 2.16. The lowest BCUT2D eigenvalue weighted by atomic mass is 10.2. The number of aromatic nitrogens is 1. The van der Waals surface area contributed by atoms with Crippen LogP contribution in [-0.4, -0.2) is 18.1 Å². The zero-order chi connectivity index (χ0) is 11.4. The summed E-state index contributed by atoms with van der Waals surface area (Å²) >= 11 is 0. The summed E-state index contributed by atoms with van der Waals surface area (Å²) in [6.07, 6.45) is 0.841. The summed E-state index contributed by atoms with van der Waals surface area (Å²) in [5.74, 6) is -1.24. The Balaban J connectivity index is 2.97. The summed E-state index contributed by atoms with van der Waals surface area (Å²) in [6.45, 7) is 3.88. The Labute approximate surface area is 87.9 Å². The molecule has 0 aliphatic rings. The number of rotatable bonds is 4. The normalized spacial score (nSPS) is 12.3. The van der Waals surface area contributed by atoms with E-state index in [1.54, 1.807) is 0 Å². The third-order valence-electron chi connectivity index (χ3n) is 2.16. The lowest BCUT2D eigenvalue weighted by Gasteiger charge is -2.13. The molecule has 0 fully saturated rings. The fourth-order valence-corrected chi connectivity index (χ4v) is 1.08. The highest BCUT2D eigenvalue weighted by Gasteiger charge is 2.11. The summed E-state index contributed by atoms with van der Waals surface area (Å²) in [5.41, 5.74) is 0. The molecule has 1 unspecified atom stereocenters. The Morgan fingerprint density at radius 2 is 1.93 bits per heavy atom. The number of nitrogens with zero attached hydrogens (tertiary/aromatic N) is 1. The molecule has 1 aromatic heterocycles. The van der Waals surface area contributed by atoms with Crippen molar-refractivity contribution in [2.45, 2.75) is 26.3 Å². The quantitative estimate of drug-likeness (QED) is 0.810. The first-order valence-electron chi connectivity index (χ1n) is 4.88. The van der Waals surface area contributed by atoms with Crippen LogP contribution in [0.4, 0.5) is 20.4 Å². The second-order valence-corrected chi connectivity index (χ2v) is 3.35. The van der Waals surface area contributed by atoms with E-state index in [2.05, 4.69) is 15.6 Å². The van der Waals surface area contributed by atoms with E-state index in [-0.39, 0.29) is 17.7 Å². The van der Waals surface area contributed by atoms with E-state index in [1.807, 2.05) is 13.8 Å². The van der Waals surface area contributed by atoms with Crippen molar-refractivity contribution in [3.05, 3.63) is 17.7 Å². The van der Waals surface area contributed by atoms with Crippen LogP contribution in [0, 0.1) is 11.6 Å². The van der Waals surface area contributed by atoms with Gasteiger partial charge >= 0.3 is 0 Å². The zero-order valence-electron chi connectivity index (χ0n) is 9.06. The molecule has 84 valence electrons. The van der Waals surface area contributed by atoms with E-state index in [0.29, 0.717) is 0 Å². The second-order valence-electron chi connectivity index (χ2n) is 3.35. The van der Waals surface area contributed by atoms with Crippen molar-refractivity contribution >= 4 is 11.6 Å². The van der Waals surface area contributed by atoms with E-state index < -0.39 is 11.6 Å². The molecule has 1 atom stereocenters. The lowest BCUT2D eigenvalue weighted by molar-refractivity contribution is 0.576. The number of nitrogens with one attached hydrogen (secondary N) is 2. The first-order valence-corrected chi connectivity index (χ1v) is 4.88. The summed E-state index contributed by atoms with van der Waals surface area (Å²) in [7, 11) is 1.54. The van der Waals surface area contributed by atoms with Gasteiger partial charge < -0.3 is 10.6 Å². The van der Waals surface area contributed by atoms with Gasteiger partial charge in [-0.25, -0.2) is 13.8 Å². The average molecular weight is 215 g/mol. The maximum Gasteiger partial charge on any atom is 0.168 e. The molecule has 0 saturated carbocycles. The second kappa shape index (κ2) is 4.91. The fourth-order valence-electron chi connectivity index (χ4n) is 1.08. The standard InChI is InChI=1S/C10H15F2N3/c1-4-6(2)14-10-8(12)5-7(11)9(13-3)15-10/h5-6H,4H2,1-3H3,(H2,13,14,15). The van der Waals surface area contributed by atoms with Crippen molar-refractivity contribution in [1.29, 1.82) is 0 Å². The molecule has 1 heterocycles. The molecule has 0 radical (unpaired) electrons. The summed E-state index contributed by atoms with van der Waals surface area (Å²) < 4.78 is 26.3. The number of hydrogen-bond acceptors (Lipinski definition) is 3. The molecule has 0 aliphatic carbocycles. The fraction of sp³-hybridized carbons (Fsp3) is 0.500. The Morgan fingerprint density at radius 3 is 2.47 bits per heavy atom. The first-order chi connectivity index (χ1) is 7.08. The van der Waals surface area contributed by atoms with Gasteiger partial charge in [0.1, 0.15) is 0 Å². The number of anilines is 2. The summed E-state index contributed by atoms with van der Waals surface area (Å²) in [4.78, 5) is 3.81. The highest BCUT2D eigenvalue weighted by Crippen LogP contribution is 2.19. The van der Waals surface area contributed by atoms with E-state index in [0.717, 1.165) is 12.5 Å². The minimum atomic E-state index is -0.690. The van der Waals surface area contributed by atoms with Gasteiger partial charge in [0.25, 0.3) is 0 Å². The molecule has 3 nitrogen and oxygen atoms in total. The molecule has 0 saturated heterocycles. The van der Waals surface area contributed by atoms with Gasteiger partial charge in [-0.1, -0.05) is 6.92 Å². The predicted octanol–water partition coefficient (Wildman–Crippen LogP) is 2.61. The lowest BCUT2D eigenvalue weighted by Crippen LogP contribution is -2.16. The predicted molar refractivity (Wildman–Crippen MR) is 57.1 cm³/mol. The van der Waals surface area contributed by atoms with Crippen LogP contribution in [-0.2, 0) is 0 Å². The molecule has 15 heavy (non-hydrogen) atoms. The summed E-state index contributed by atoms with van der Waals surface area (Å²) in [6, 6.07) is 0.922. The molecule has 2 N–H and O–H groups in total. The van der Waals surface area contributed by atoms with Gasteiger partial charge in [0, 0.05) is 19.2 Å². The maximum absolute atomic E-state index is 13.3. The van der Waals surface area contributed by atoms with Crippen LogP contribution in [0.15, 0.2) is 6.07 Å². The molecule has 1 rings (SSSR count). The van der Waals surface area contributed by atoms with Gasteiger partial charge in [0.05, 0.1) is 0 Å². The topological polar surface area (TPSA) is 37.0 Å². The molecular formula is C10H15F2N3. The Bertz CT molecular complexity index is 342. The highest BCUT2D eigenvalue weighted by molar-refractivity contribution is 5.47. The van der Waals surface area contributed by atoms with Gasteiger partial charge in [-0.2, -0.15) is 0 Å². The van der Waals surface area contributed by atoms with Crippen LogP contribution < -0.4 is 10.6 Å². The SMILES string of the molecule is CCC(C)Nc1nc(NC)c(F)cc1F. The zero-order valence-corrected chi connectivity index (χ0v) is 9.06. The van der Waals surface area contributed by atoms with E-state index in [4.69, 9.17) is 0 Å². The van der Waals surface area contributed by atoms with Crippen molar-refractivity contribution in [2.24, 2.45) is 0 Å². The minimum absolute atomic E-state index is 0.0437. The smallest absolute Gasteiger partial charge is 0.168 e. The van der Waals surface area contributed by atoms with Crippen molar-refractivity contribution < 1.29 is 8.78 Å². The van der Waals surface area contributed by atoms with Crippen LogP contribution in [0.2, 0.25) is 0 Å². The van der Waals surface area contributed by atoms with E-state index in [1.165, 1.54) is 7.05 Å². The van der Waals surface area contributed by atoms with Gasteiger partial charge in [-0.15, -0.1) is 0 Å². The van der Waals surface area contributed by atoms with Crippen LogP contribution >= 0.6 is 0 Å². The van der Waals surface area contributed by atoms with Gasteiger partial charge in [0.2, 0.25) is 0 Å². The summed E-state index contributed by atoms with van der Waals surface area (Å²) in [5, 5.41) is 5.43. The van der Waals surface area contributed by atoms with Gasteiger partial charge in [0.15, 0.2) is 23.3 Å².